The zero-order valence-electron chi connectivity index (χ0n) is 18.3. The minimum Gasteiger partial charge on any atom is -0.456 e. The first-order chi connectivity index (χ1) is 16.0. The van der Waals surface area contributed by atoms with Crippen molar-refractivity contribution >= 4 is 21.9 Å². The van der Waals surface area contributed by atoms with E-state index >= 15 is 0 Å². The van der Waals surface area contributed by atoms with E-state index in [1.165, 1.54) is 5.56 Å². The Bertz CT molecular complexity index is 1460. The largest absolute Gasteiger partial charge is 0.456 e. The Hall–Kier alpha value is -3.60. The van der Waals surface area contributed by atoms with Gasteiger partial charge in [0.05, 0.1) is 5.69 Å². The summed E-state index contributed by atoms with van der Waals surface area (Å²) >= 11 is 0. The predicted octanol–water partition coefficient (Wildman–Crippen LogP) is 8.64. The lowest BCUT2D eigenvalue weighted by Crippen LogP contribution is -1.96. The molecule has 0 unspecified atom stereocenters. The van der Waals surface area contributed by atoms with Gasteiger partial charge in [0.2, 0.25) is 0 Å². The predicted molar refractivity (Wildman–Crippen MR) is 126 cm³/mol. The molecule has 2 aromatic heterocycles. The Morgan fingerprint density at radius 1 is 0.727 bits per heavy atom. The Kier molecular flexibility index (Phi) is 5.41. The van der Waals surface area contributed by atoms with Gasteiger partial charge in [0, 0.05) is 22.5 Å². The molecule has 166 valence electrons. The van der Waals surface area contributed by atoms with Crippen molar-refractivity contribution in [2.24, 2.45) is 0 Å². The molecule has 3 aromatic carbocycles. The first-order valence-electron chi connectivity index (χ1n) is 11.1. The van der Waals surface area contributed by atoms with E-state index in [0.717, 1.165) is 47.0 Å². The third-order valence-corrected chi connectivity index (χ3v) is 6.32. The number of hydrogen-bond donors (Lipinski definition) is 0. The van der Waals surface area contributed by atoms with Gasteiger partial charge in [0.1, 0.15) is 11.2 Å². The van der Waals surface area contributed by atoms with Crippen LogP contribution in [0, 0.1) is 17.5 Å². The van der Waals surface area contributed by atoms with E-state index in [-0.39, 0.29) is 5.56 Å². The third-order valence-electron chi connectivity index (χ3n) is 6.32. The molecule has 33 heavy (non-hydrogen) atoms. The molecule has 2 nitrogen and oxygen atoms in total. The second-order valence-electron chi connectivity index (χ2n) is 8.27. The third kappa shape index (κ3) is 3.78. The highest BCUT2D eigenvalue weighted by Crippen LogP contribution is 2.36. The normalized spacial score (nSPS) is 11.7. The Labute approximate surface area is 189 Å². The van der Waals surface area contributed by atoms with Crippen LogP contribution in [0.2, 0.25) is 0 Å². The Balaban J connectivity index is 1.63. The van der Waals surface area contributed by atoms with E-state index < -0.39 is 17.5 Å². The van der Waals surface area contributed by atoms with Crippen LogP contribution in [0.15, 0.2) is 71.3 Å². The van der Waals surface area contributed by atoms with Gasteiger partial charge in [-0.25, -0.2) is 13.2 Å². The number of halogens is 3. The number of furan rings is 1. The summed E-state index contributed by atoms with van der Waals surface area (Å²) in [4.78, 5) is 4.58. The highest BCUT2D eigenvalue weighted by atomic mass is 19.2. The summed E-state index contributed by atoms with van der Waals surface area (Å²) in [5.41, 5.74) is 5.31. The summed E-state index contributed by atoms with van der Waals surface area (Å²) in [7, 11) is 0. The fourth-order valence-electron chi connectivity index (χ4n) is 4.46. The van der Waals surface area contributed by atoms with Crippen LogP contribution in [-0.2, 0) is 0 Å². The molecule has 0 saturated heterocycles. The zero-order chi connectivity index (χ0) is 23.1. The molecule has 0 aliphatic rings. The molecule has 0 spiro atoms. The lowest BCUT2D eigenvalue weighted by Gasteiger charge is -2.13. The summed E-state index contributed by atoms with van der Waals surface area (Å²) in [6.45, 7) is 4.38. The number of nitrogens with zero attached hydrogens (tertiary/aromatic N) is 1. The molecule has 0 atom stereocenters. The fourth-order valence-corrected chi connectivity index (χ4v) is 4.46. The lowest BCUT2D eigenvalue weighted by atomic mass is 9.93. The molecule has 0 saturated carbocycles. The van der Waals surface area contributed by atoms with Crippen LogP contribution in [0.25, 0.3) is 44.3 Å². The minimum absolute atomic E-state index is 0.262. The summed E-state index contributed by atoms with van der Waals surface area (Å²) in [5, 5.41) is 1.69. The number of fused-ring (bicyclic) bond motifs is 3. The van der Waals surface area contributed by atoms with Gasteiger partial charge >= 0.3 is 0 Å². The second kappa shape index (κ2) is 8.39. The highest BCUT2D eigenvalue weighted by molar-refractivity contribution is 6.07. The number of pyridine rings is 1. The maximum atomic E-state index is 13.8. The van der Waals surface area contributed by atoms with Crippen LogP contribution >= 0.6 is 0 Å². The Morgan fingerprint density at radius 2 is 1.33 bits per heavy atom. The SMILES string of the molecule is CCC(CC)c1ccnc(-c2ccc3oc4ccc(-c5cc(F)c(F)c(F)c5)cc4c3c2)c1. The highest BCUT2D eigenvalue weighted by Gasteiger charge is 2.15. The van der Waals surface area contributed by atoms with E-state index in [1.54, 1.807) is 12.1 Å². The number of benzene rings is 3. The van der Waals surface area contributed by atoms with Crippen LogP contribution in [0.1, 0.15) is 38.2 Å². The van der Waals surface area contributed by atoms with Crippen molar-refractivity contribution in [3.63, 3.8) is 0 Å². The monoisotopic (exact) mass is 445 g/mol. The van der Waals surface area contributed by atoms with Crippen molar-refractivity contribution < 1.29 is 17.6 Å². The molecular formula is C28H22F3NO. The molecule has 2 heterocycles. The van der Waals surface area contributed by atoms with Crippen LogP contribution < -0.4 is 0 Å². The molecule has 0 aliphatic heterocycles. The molecule has 0 amide bonds. The molecule has 0 aliphatic carbocycles. The van der Waals surface area contributed by atoms with Crippen molar-refractivity contribution in [3.8, 4) is 22.4 Å². The van der Waals surface area contributed by atoms with Crippen LogP contribution in [0.5, 0.6) is 0 Å². The second-order valence-corrected chi connectivity index (χ2v) is 8.27. The topological polar surface area (TPSA) is 26.0 Å². The average Bonchev–Trinajstić information content (AvgIpc) is 3.20. The van der Waals surface area contributed by atoms with Crippen molar-refractivity contribution in [2.45, 2.75) is 32.6 Å². The molecule has 5 rings (SSSR count). The number of aromatic nitrogens is 1. The zero-order valence-corrected chi connectivity index (χ0v) is 18.3. The van der Waals surface area contributed by atoms with Gasteiger partial charge in [-0.1, -0.05) is 19.9 Å². The fraction of sp³-hybridized carbons (Fsp3) is 0.179. The van der Waals surface area contributed by atoms with Crippen molar-refractivity contribution in [2.75, 3.05) is 0 Å². The molecule has 0 bridgehead atoms. The molecule has 0 fully saturated rings. The van der Waals surface area contributed by atoms with E-state index in [4.69, 9.17) is 4.42 Å². The number of hydrogen-bond acceptors (Lipinski definition) is 2. The molecule has 0 radical (unpaired) electrons. The van der Waals surface area contributed by atoms with Crippen molar-refractivity contribution in [1.29, 1.82) is 0 Å². The van der Waals surface area contributed by atoms with Gasteiger partial charge < -0.3 is 4.42 Å². The van der Waals surface area contributed by atoms with E-state index in [2.05, 4.69) is 31.0 Å². The van der Waals surface area contributed by atoms with E-state index in [1.807, 2.05) is 30.5 Å². The van der Waals surface area contributed by atoms with Crippen LogP contribution in [-0.4, -0.2) is 4.98 Å². The standard InChI is InChI=1S/C28H22F3NO/c1-3-16(4-2)18-9-10-32-25(15-18)19-6-8-27-22(12-19)21-11-17(5-7-26(21)33-27)20-13-23(29)28(31)24(30)14-20/h5-16H,3-4H2,1-2H3. The minimum atomic E-state index is -1.47. The number of rotatable bonds is 5. The smallest absolute Gasteiger partial charge is 0.194 e. The van der Waals surface area contributed by atoms with Gasteiger partial charge in [-0.3, -0.25) is 4.98 Å². The van der Waals surface area contributed by atoms with Gasteiger partial charge in [-0.15, -0.1) is 0 Å². The van der Waals surface area contributed by atoms with Gasteiger partial charge in [0.15, 0.2) is 17.5 Å². The first kappa shape index (κ1) is 21.3. The summed E-state index contributed by atoms with van der Waals surface area (Å²) in [6, 6.07) is 17.4. The Morgan fingerprint density at radius 3 is 1.97 bits per heavy atom. The van der Waals surface area contributed by atoms with Crippen molar-refractivity contribution in [1.82, 2.24) is 4.98 Å². The molecule has 5 aromatic rings. The summed E-state index contributed by atoms with van der Waals surface area (Å²) in [5.74, 6) is -3.41. The summed E-state index contributed by atoms with van der Waals surface area (Å²) < 4.78 is 46.9. The average molecular weight is 445 g/mol. The van der Waals surface area contributed by atoms with Crippen molar-refractivity contribution in [3.05, 3.63) is 89.9 Å². The van der Waals surface area contributed by atoms with Gasteiger partial charge in [-0.2, -0.15) is 0 Å². The van der Waals surface area contributed by atoms with Crippen LogP contribution in [0.3, 0.4) is 0 Å². The maximum absolute atomic E-state index is 13.8. The summed E-state index contributed by atoms with van der Waals surface area (Å²) in [6.07, 6.45) is 3.98. The van der Waals surface area contributed by atoms with E-state index in [9.17, 15) is 13.2 Å². The molecule has 5 heteroatoms. The van der Waals surface area contributed by atoms with E-state index in [0.29, 0.717) is 22.6 Å². The molecule has 0 N–H and O–H groups in total. The van der Waals surface area contributed by atoms with Gasteiger partial charge in [0.25, 0.3) is 0 Å². The molecular weight excluding hydrogens is 423 g/mol. The maximum Gasteiger partial charge on any atom is 0.194 e. The quantitative estimate of drug-likeness (QED) is 0.253. The lowest BCUT2D eigenvalue weighted by molar-refractivity contribution is 0.448. The van der Waals surface area contributed by atoms with Gasteiger partial charge in [-0.05, 0) is 90.0 Å². The first-order valence-corrected chi connectivity index (χ1v) is 11.1. The van der Waals surface area contributed by atoms with Crippen LogP contribution in [0.4, 0.5) is 13.2 Å².